The van der Waals surface area contributed by atoms with Crippen molar-refractivity contribution in [3.8, 4) is 11.3 Å². The summed E-state index contributed by atoms with van der Waals surface area (Å²) in [5.41, 5.74) is 3.08. The van der Waals surface area contributed by atoms with Crippen LogP contribution >= 0.6 is 11.8 Å². The molecule has 29 heavy (non-hydrogen) atoms. The van der Waals surface area contributed by atoms with E-state index >= 15 is 0 Å². The van der Waals surface area contributed by atoms with Gasteiger partial charge in [0.25, 0.3) is 0 Å². The number of benzene rings is 1. The standard InChI is InChI=1S/C22H30N6S/c1-4-29-19-7-5-18(6-8-19)20-17-28-10-9-23-21(28)22(24-20)27-15-13-26(14-16-27)12-11-25(2)3/h5-10,17H,4,11-16H2,1-3H3. The monoisotopic (exact) mass is 410 g/mol. The maximum Gasteiger partial charge on any atom is 0.180 e. The van der Waals surface area contributed by atoms with Crippen LogP contribution < -0.4 is 4.90 Å². The normalized spacial score (nSPS) is 15.5. The van der Waals surface area contributed by atoms with Crippen molar-refractivity contribution in [2.24, 2.45) is 0 Å². The minimum Gasteiger partial charge on any atom is -0.351 e. The van der Waals surface area contributed by atoms with Gasteiger partial charge in [-0.25, -0.2) is 9.97 Å². The number of piperazine rings is 1. The third kappa shape index (κ3) is 4.74. The third-order valence-electron chi connectivity index (χ3n) is 5.35. The average Bonchev–Trinajstić information content (AvgIpc) is 3.21. The Morgan fingerprint density at radius 1 is 1.07 bits per heavy atom. The summed E-state index contributed by atoms with van der Waals surface area (Å²) in [6, 6.07) is 8.72. The molecule has 2 aromatic heterocycles. The second-order valence-corrected chi connectivity index (χ2v) is 9.03. The minimum atomic E-state index is 0.939. The van der Waals surface area contributed by atoms with Crippen molar-refractivity contribution < 1.29 is 0 Å². The fourth-order valence-corrected chi connectivity index (χ4v) is 4.34. The van der Waals surface area contributed by atoms with Crippen LogP contribution in [-0.2, 0) is 0 Å². The SMILES string of the molecule is CCSc1ccc(-c2cn3ccnc3c(N3CCN(CCN(C)C)CC3)n2)cc1. The van der Waals surface area contributed by atoms with Crippen molar-refractivity contribution in [2.75, 3.05) is 64.0 Å². The van der Waals surface area contributed by atoms with Crippen molar-refractivity contribution in [1.29, 1.82) is 0 Å². The number of imidazole rings is 1. The summed E-state index contributed by atoms with van der Waals surface area (Å²) in [7, 11) is 4.27. The minimum absolute atomic E-state index is 0.939. The van der Waals surface area contributed by atoms with E-state index in [2.05, 4.69) is 75.6 Å². The summed E-state index contributed by atoms with van der Waals surface area (Å²) in [5, 5.41) is 0. The molecule has 1 saturated heterocycles. The van der Waals surface area contributed by atoms with E-state index in [1.165, 1.54) is 4.90 Å². The Morgan fingerprint density at radius 3 is 2.52 bits per heavy atom. The van der Waals surface area contributed by atoms with Gasteiger partial charge in [0.1, 0.15) is 0 Å². The van der Waals surface area contributed by atoms with E-state index in [-0.39, 0.29) is 0 Å². The van der Waals surface area contributed by atoms with Gasteiger partial charge in [0.05, 0.1) is 5.69 Å². The van der Waals surface area contributed by atoms with Crippen LogP contribution in [0.2, 0.25) is 0 Å². The molecule has 0 atom stereocenters. The first-order chi connectivity index (χ1) is 14.1. The van der Waals surface area contributed by atoms with Crippen LogP contribution in [0.5, 0.6) is 0 Å². The Kier molecular flexibility index (Phi) is 6.37. The van der Waals surface area contributed by atoms with E-state index in [9.17, 15) is 0 Å². The van der Waals surface area contributed by atoms with Crippen LogP contribution in [0.25, 0.3) is 16.9 Å². The van der Waals surface area contributed by atoms with Crippen LogP contribution in [0.15, 0.2) is 47.8 Å². The fraction of sp³-hybridized carbons (Fsp3) is 0.455. The first-order valence-electron chi connectivity index (χ1n) is 10.3. The lowest BCUT2D eigenvalue weighted by atomic mass is 10.1. The van der Waals surface area contributed by atoms with Gasteiger partial charge in [0.15, 0.2) is 11.5 Å². The average molecular weight is 411 g/mol. The molecule has 7 heteroatoms. The Hall–Kier alpha value is -2.09. The van der Waals surface area contributed by atoms with Crippen LogP contribution in [0.3, 0.4) is 0 Å². The number of nitrogens with zero attached hydrogens (tertiary/aromatic N) is 6. The van der Waals surface area contributed by atoms with Gasteiger partial charge >= 0.3 is 0 Å². The summed E-state index contributed by atoms with van der Waals surface area (Å²) < 4.78 is 2.10. The largest absolute Gasteiger partial charge is 0.351 e. The highest BCUT2D eigenvalue weighted by Gasteiger charge is 2.21. The summed E-state index contributed by atoms with van der Waals surface area (Å²) in [6.07, 6.45) is 5.96. The molecule has 1 aliphatic heterocycles. The number of likely N-dealkylation sites (N-methyl/N-ethyl adjacent to an activating group) is 1. The van der Waals surface area contributed by atoms with Gasteiger partial charge < -0.3 is 14.2 Å². The molecule has 3 aromatic rings. The molecule has 6 nitrogen and oxygen atoms in total. The molecular weight excluding hydrogens is 380 g/mol. The summed E-state index contributed by atoms with van der Waals surface area (Å²) in [4.78, 5) is 18.1. The predicted molar refractivity (Wildman–Crippen MR) is 122 cm³/mol. The number of thioether (sulfide) groups is 1. The maximum absolute atomic E-state index is 5.05. The molecule has 1 aliphatic rings. The second-order valence-electron chi connectivity index (χ2n) is 7.70. The number of rotatable bonds is 7. The van der Waals surface area contributed by atoms with Crippen molar-refractivity contribution in [3.05, 3.63) is 42.9 Å². The van der Waals surface area contributed by atoms with Crippen molar-refractivity contribution >= 4 is 23.2 Å². The molecule has 0 unspecified atom stereocenters. The van der Waals surface area contributed by atoms with Crippen molar-refractivity contribution in [1.82, 2.24) is 24.2 Å². The molecular formula is C22H30N6S. The molecule has 4 rings (SSSR count). The van der Waals surface area contributed by atoms with Crippen LogP contribution in [0, 0.1) is 0 Å². The van der Waals surface area contributed by atoms with Crippen LogP contribution in [-0.4, -0.2) is 83.3 Å². The van der Waals surface area contributed by atoms with E-state index in [1.807, 2.05) is 24.2 Å². The van der Waals surface area contributed by atoms with Gasteiger partial charge in [-0.05, 0) is 32.0 Å². The number of hydrogen-bond acceptors (Lipinski definition) is 6. The quantitative estimate of drug-likeness (QED) is 0.557. The molecule has 0 bridgehead atoms. The molecule has 0 spiro atoms. The Labute approximate surface area is 177 Å². The zero-order valence-electron chi connectivity index (χ0n) is 17.6. The van der Waals surface area contributed by atoms with Crippen LogP contribution in [0.1, 0.15) is 6.92 Å². The first-order valence-corrected chi connectivity index (χ1v) is 11.3. The number of fused-ring (bicyclic) bond motifs is 1. The van der Waals surface area contributed by atoms with Gasteiger partial charge in [-0.2, -0.15) is 0 Å². The lowest BCUT2D eigenvalue weighted by molar-refractivity contribution is 0.229. The number of anilines is 1. The van der Waals surface area contributed by atoms with Crippen molar-refractivity contribution in [3.63, 3.8) is 0 Å². The Balaban J connectivity index is 1.56. The molecule has 0 N–H and O–H groups in total. The molecule has 0 aliphatic carbocycles. The predicted octanol–water partition coefficient (Wildman–Crippen LogP) is 3.19. The molecule has 3 heterocycles. The summed E-state index contributed by atoms with van der Waals surface area (Å²) in [6.45, 7) is 8.50. The van der Waals surface area contributed by atoms with Gasteiger partial charge in [-0.3, -0.25) is 4.90 Å². The van der Waals surface area contributed by atoms with Gasteiger partial charge in [0, 0.05) is 68.3 Å². The Morgan fingerprint density at radius 2 is 1.83 bits per heavy atom. The van der Waals surface area contributed by atoms with Gasteiger partial charge in [0.2, 0.25) is 0 Å². The van der Waals surface area contributed by atoms with E-state index < -0.39 is 0 Å². The third-order valence-corrected chi connectivity index (χ3v) is 6.25. The van der Waals surface area contributed by atoms with E-state index in [0.717, 1.165) is 67.7 Å². The molecule has 154 valence electrons. The smallest absolute Gasteiger partial charge is 0.180 e. The van der Waals surface area contributed by atoms with Gasteiger partial charge in [-0.15, -0.1) is 11.8 Å². The van der Waals surface area contributed by atoms with E-state index in [1.54, 1.807) is 0 Å². The summed E-state index contributed by atoms with van der Waals surface area (Å²) in [5.74, 6) is 2.08. The van der Waals surface area contributed by atoms with E-state index in [4.69, 9.17) is 4.98 Å². The number of hydrogen-bond donors (Lipinski definition) is 0. The highest BCUT2D eigenvalue weighted by molar-refractivity contribution is 7.99. The maximum atomic E-state index is 5.05. The molecule has 1 aromatic carbocycles. The Bertz CT molecular complexity index is 928. The van der Waals surface area contributed by atoms with Crippen LogP contribution in [0.4, 0.5) is 5.82 Å². The molecule has 0 saturated carbocycles. The van der Waals surface area contributed by atoms with Crippen molar-refractivity contribution in [2.45, 2.75) is 11.8 Å². The zero-order chi connectivity index (χ0) is 20.2. The fourth-order valence-electron chi connectivity index (χ4n) is 3.68. The second kappa shape index (κ2) is 9.15. The highest BCUT2D eigenvalue weighted by Crippen LogP contribution is 2.27. The van der Waals surface area contributed by atoms with E-state index in [0.29, 0.717) is 0 Å². The molecule has 0 amide bonds. The number of aromatic nitrogens is 3. The molecule has 1 fully saturated rings. The highest BCUT2D eigenvalue weighted by atomic mass is 32.2. The molecule has 0 radical (unpaired) electrons. The lowest BCUT2D eigenvalue weighted by Gasteiger charge is -2.36. The zero-order valence-corrected chi connectivity index (χ0v) is 18.4. The first kappa shape index (κ1) is 20.2. The topological polar surface area (TPSA) is 39.9 Å². The summed E-state index contributed by atoms with van der Waals surface area (Å²) >= 11 is 1.86. The van der Waals surface area contributed by atoms with Gasteiger partial charge in [-0.1, -0.05) is 19.1 Å². The lowest BCUT2D eigenvalue weighted by Crippen LogP contribution is -2.48.